The van der Waals surface area contributed by atoms with Crippen molar-refractivity contribution in [2.24, 2.45) is 5.92 Å². The lowest BCUT2D eigenvalue weighted by atomic mass is 9.97. The predicted octanol–water partition coefficient (Wildman–Crippen LogP) is 6.45. The van der Waals surface area contributed by atoms with E-state index in [0.29, 0.717) is 42.7 Å². The van der Waals surface area contributed by atoms with Crippen LogP contribution in [0.5, 0.6) is 0 Å². The fourth-order valence-electron chi connectivity index (χ4n) is 4.37. The number of anilines is 3. The third-order valence-electron chi connectivity index (χ3n) is 6.13. The largest absolute Gasteiger partial charge is 0.444 e. The smallest absolute Gasteiger partial charge is 0.416 e. The Kier molecular flexibility index (Phi) is 7.68. The number of hydrogen-bond acceptors (Lipinski definition) is 7. The second kappa shape index (κ2) is 10.5. The summed E-state index contributed by atoms with van der Waals surface area (Å²) in [4.78, 5) is 27.9. The number of benzene rings is 1. The number of rotatable bonds is 5. The maximum atomic E-state index is 13.3. The van der Waals surface area contributed by atoms with Crippen molar-refractivity contribution in [2.45, 2.75) is 78.2 Å². The summed E-state index contributed by atoms with van der Waals surface area (Å²) in [5, 5.41) is 6.32. The molecule has 2 N–H and O–H groups in total. The number of carbonyl (C=O) groups excluding carboxylic acids is 1. The number of aromatic nitrogens is 4. The Hall–Kier alpha value is -3.57. The molecule has 0 spiro atoms. The molecule has 0 saturated carbocycles. The van der Waals surface area contributed by atoms with Gasteiger partial charge in [-0.05, 0) is 78.5 Å². The first-order chi connectivity index (χ1) is 18.1. The molecule has 1 amide bonds. The fourth-order valence-corrected chi connectivity index (χ4v) is 4.37. The first-order valence-corrected chi connectivity index (χ1v) is 13.0. The van der Waals surface area contributed by atoms with Gasteiger partial charge in [0.05, 0.1) is 11.8 Å². The van der Waals surface area contributed by atoms with Gasteiger partial charge in [-0.1, -0.05) is 6.07 Å². The summed E-state index contributed by atoms with van der Waals surface area (Å²) in [6, 6.07) is 5.01. The highest BCUT2D eigenvalue weighted by molar-refractivity contribution is 5.76. The zero-order valence-electron chi connectivity index (χ0n) is 23.2. The van der Waals surface area contributed by atoms with Crippen molar-refractivity contribution in [3.05, 3.63) is 36.0 Å². The molecule has 1 fully saturated rings. The van der Waals surface area contributed by atoms with Crippen molar-refractivity contribution in [1.29, 1.82) is 0 Å². The summed E-state index contributed by atoms with van der Waals surface area (Å²) in [7, 11) is 0. The second-order valence-electron chi connectivity index (χ2n) is 11.9. The molecule has 1 aliphatic heterocycles. The third-order valence-corrected chi connectivity index (χ3v) is 6.13. The molecule has 2 aromatic heterocycles. The average Bonchev–Trinajstić information content (AvgIpc) is 3.13. The quantitative estimate of drug-likeness (QED) is 0.379. The fraction of sp³-hybridized carbons (Fsp3) is 0.556. The van der Waals surface area contributed by atoms with Crippen molar-refractivity contribution < 1.29 is 22.7 Å². The monoisotopic (exact) mass is 547 g/mol. The number of nitrogens with one attached hydrogen (secondary N) is 2. The number of hydrogen-bond donors (Lipinski definition) is 2. The molecule has 0 atom stereocenters. The van der Waals surface area contributed by atoms with Crippen molar-refractivity contribution in [3.63, 3.8) is 0 Å². The van der Waals surface area contributed by atoms with Crippen molar-refractivity contribution >= 4 is 34.8 Å². The predicted molar refractivity (Wildman–Crippen MR) is 144 cm³/mol. The summed E-state index contributed by atoms with van der Waals surface area (Å²) in [6.45, 7) is 13.1. The molecule has 0 bridgehead atoms. The average molecular weight is 548 g/mol. The molecule has 39 heavy (non-hydrogen) atoms. The number of imidazole rings is 1. The summed E-state index contributed by atoms with van der Waals surface area (Å²) in [5.41, 5.74) is -0.225. The topological polar surface area (TPSA) is 97.2 Å². The van der Waals surface area contributed by atoms with Crippen molar-refractivity contribution in [1.82, 2.24) is 24.4 Å². The number of piperidine rings is 1. The summed E-state index contributed by atoms with van der Waals surface area (Å²) in [6.07, 6.45) is -1.71. The molecule has 1 aliphatic rings. The minimum atomic E-state index is -4.46. The van der Waals surface area contributed by atoms with Gasteiger partial charge in [0, 0.05) is 30.9 Å². The molecule has 3 heterocycles. The van der Waals surface area contributed by atoms with Crippen LogP contribution >= 0.6 is 0 Å². The van der Waals surface area contributed by atoms with Crippen LogP contribution in [0, 0.1) is 5.92 Å². The second-order valence-corrected chi connectivity index (χ2v) is 11.9. The molecular weight excluding hydrogens is 511 g/mol. The zero-order chi connectivity index (χ0) is 28.6. The highest BCUT2D eigenvalue weighted by atomic mass is 19.4. The summed E-state index contributed by atoms with van der Waals surface area (Å²) < 4.78 is 47.3. The van der Waals surface area contributed by atoms with Crippen LogP contribution in [0.3, 0.4) is 0 Å². The molecule has 212 valence electrons. The minimum absolute atomic E-state index is 0.192. The molecule has 9 nitrogen and oxygen atoms in total. The minimum Gasteiger partial charge on any atom is -0.444 e. The first-order valence-electron chi connectivity index (χ1n) is 13.0. The van der Waals surface area contributed by atoms with Gasteiger partial charge < -0.3 is 20.3 Å². The van der Waals surface area contributed by atoms with Crippen LogP contribution in [0.15, 0.2) is 30.5 Å². The highest BCUT2D eigenvalue weighted by Crippen LogP contribution is 2.32. The van der Waals surface area contributed by atoms with Crippen LogP contribution in [0.2, 0.25) is 0 Å². The van der Waals surface area contributed by atoms with Crippen LogP contribution < -0.4 is 10.6 Å². The zero-order valence-corrected chi connectivity index (χ0v) is 23.2. The summed E-state index contributed by atoms with van der Waals surface area (Å²) in [5.74, 6) is 1.000. The Morgan fingerprint density at radius 3 is 2.38 bits per heavy atom. The van der Waals surface area contributed by atoms with E-state index in [1.807, 2.05) is 46.1 Å². The number of nitrogens with zero attached hydrogens (tertiary/aromatic N) is 5. The van der Waals surface area contributed by atoms with Crippen LogP contribution in [-0.2, 0) is 17.5 Å². The maximum absolute atomic E-state index is 13.3. The standard InChI is InChI=1S/C27H36F3N7O2/c1-25(2,3)35-22-31-15-20-21(34-22)37(16-17-10-12-36(13-11-17)24(38)39-26(4,5)6)23(33-20)32-19-9-7-8-18(14-19)27(28,29)30/h7-9,14-15,17H,10-13,16H2,1-6H3,(H,32,33)(H,31,34,35). The normalized spacial score (nSPS) is 15.5. The van der Waals surface area contributed by atoms with Gasteiger partial charge in [-0.25, -0.2) is 14.8 Å². The lowest BCUT2D eigenvalue weighted by Crippen LogP contribution is -2.42. The number of carbonyl (C=O) groups is 1. The molecule has 12 heteroatoms. The SMILES string of the molecule is CC(C)(C)Nc1ncc2nc(Nc3cccc(C(F)(F)F)c3)n(CC3CCN(C(=O)OC(C)(C)C)CC3)c2n1. The Labute approximate surface area is 226 Å². The van der Waals surface area contributed by atoms with Gasteiger partial charge >= 0.3 is 12.3 Å². The van der Waals surface area contributed by atoms with Gasteiger partial charge in [0.2, 0.25) is 11.9 Å². The number of halogens is 3. The Morgan fingerprint density at radius 2 is 1.77 bits per heavy atom. The van der Waals surface area contributed by atoms with E-state index in [-0.39, 0.29) is 23.2 Å². The molecule has 1 saturated heterocycles. The number of amides is 1. The number of fused-ring (bicyclic) bond motifs is 1. The van der Waals surface area contributed by atoms with Crippen molar-refractivity contribution in [2.75, 3.05) is 23.7 Å². The third kappa shape index (κ3) is 7.51. The van der Waals surface area contributed by atoms with Crippen LogP contribution in [0.1, 0.15) is 59.9 Å². The van der Waals surface area contributed by atoms with E-state index in [1.54, 1.807) is 17.2 Å². The van der Waals surface area contributed by atoms with Gasteiger partial charge in [-0.15, -0.1) is 0 Å². The van der Waals surface area contributed by atoms with Gasteiger partial charge in [-0.3, -0.25) is 4.57 Å². The van der Waals surface area contributed by atoms with Crippen LogP contribution in [0.4, 0.5) is 35.5 Å². The molecule has 4 rings (SSSR count). The maximum Gasteiger partial charge on any atom is 0.416 e. The van der Waals surface area contributed by atoms with Gasteiger partial charge in [-0.2, -0.15) is 18.2 Å². The lowest BCUT2D eigenvalue weighted by Gasteiger charge is -2.33. The summed E-state index contributed by atoms with van der Waals surface area (Å²) >= 11 is 0. The van der Waals surface area contributed by atoms with Crippen LogP contribution in [-0.4, -0.2) is 54.7 Å². The van der Waals surface area contributed by atoms with E-state index >= 15 is 0 Å². The number of ether oxygens (including phenoxy) is 1. The van der Waals surface area contributed by atoms with E-state index < -0.39 is 17.3 Å². The Morgan fingerprint density at radius 1 is 1.08 bits per heavy atom. The molecule has 0 aliphatic carbocycles. The van der Waals surface area contributed by atoms with Gasteiger partial charge in [0.15, 0.2) is 5.65 Å². The Balaban J connectivity index is 1.61. The molecule has 3 aromatic rings. The van der Waals surface area contributed by atoms with Gasteiger partial charge in [0.1, 0.15) is 11.1 Å². The van der Waals surface area contributed by atoms with E-state index in [0.717, 1.165) is 25.0 Å². The molecule has 1 aromatic carbocycles. The molecule has 0 unspecified atom stereocenters. The van der Waals surface area contributed by atoms with Crippen molar-refractivity contribution in [3.8, 4) is 0 Å². The van der Waals surface area contributed by atoms with Crippen LogP contribution in [0.25, 0.3) is 11.2 Å². The van der Waals surface area contributed by atoms with E-state index in [9.17, 15) is 18.0 Å². The number of likely N-dealkylation sites (tertiary alicyclic amines) is 1. The van der Waals surface area contributed by atoms with E-state index in [2.05, 4.69) is 20.6 Å². The van der Waals surface area contributed by atoms with E-state index in [1.165, 1.54) is 6.07 Å². The highest BCUT2D eigenvalue weighted by Gasteiger charge is 2.31. The number of alkyl halides is 3. The molecular formula is C27H36F3N7O2. The molecule has 0 radical (unpaired) electrons. The first kappa shape index (κ1) is 28.4. The Bertz CT molecular complexity index is 1320. The lowest BCUT2D eigenvalue weighted by molar-refractivity contribution is -0.137. The van der Waals surface area contributed by atoms with E-state index in [4.69, 9.17) is 9.72 Å². The van der Waals surface area contributed by atoms with Gasteiger partial charge in [0.25, 0.3) is 0 Å².